The SMILES string of the molecule is CO[C@@H]1CCC[C@H](C(=O)N2C[C@@H]3CN(C(C)=O)C[C@H]3c3ccccc32)C1. The summed E-state index contributed by atoms with van der Waals surface area (Å²) in [6, 6.07) is 8.25. The Kier molecular flexibility index (Phi) is 4.74. The summed E-state index contributed by atoms with van der Waals surface area (Å²) < 4.78 is 5.52. The Labute approximate surface area is 155 Å². The van der Waals surface area contributed by atoms with Crippen LogP contribution in [0.5, 0.6) is 0 Å². The first-order valence-electron chi connectivity index (χ1n) is 9.77. The van der Waals surface area contributed by atoms with E-state index in [1.807, 2.05) is 21.9 Å². The van der Waals surface area contributed by atoms with Crippen LogP contribution in [0.2, 0.25) is 0 Å². The van der Waals surface area contributed by atoms with Crippen molar-refractivity contribution in [1.82, 2.24) is 4.90 Å². The summed E-state index contributed by atoms with van der Waals surface area (Å²) in [6.45, 7) is 3.88. The van der Waals surface area contributed by atoms with Crippen molar-refractivity contribution < 1.29 is 14.3 Å². The minimum absolute atomic E-state index is 0.0450. The van der Waals surface area contributed by atoms with E-state index in [1.54, 1.807) is 14.0 Å². The van der Waals surface area contributed by atoms with Gasteiger partial charge in [0.05, 0.1) is 6.10 Å². The number of para-hydroxylation sites is 1. The van der Waals surface area contributed by atoms with Crippen LogP contribution in [0.15, 0.2) is 24.3 Å². The van der Waals surface area contributed by atoms with Crippen LogP contribution in [0.1, 0.15) is 44.1 Å². The third-order valence-corrected chi connectivity index (χ3v) is 6.51. The minimum atomic E-state index is 0.0450. The molecule has 5 heteroatoms. The molecular formula is C21H28N2O3. The third kappa shape index (κ3) is 3.02. The Balaban J connectivity index is 1.60. The molecule has 1 aromatic carbocycles. The summed E-state index contributed by atoms with van der Waals surface area (Å²) in [6.07, 6.45) is 4.07. The van der Waals surface area contributed by atoms with E-state index in [-0.39, 0.29) is 23.8 Å². The molecule has 26 heavy (non-hydrogen) atoms. The molecule has 0 N–H and O–H groups in total. The molecule has 1 saturated carbocycles. The van der Waals surface area contributed by atoms with Gasteiger partial charge in [-0.1, -0.05) is 24.6 Å². The highest BCUT2D eigenvalue weighted by Crippen LogP contribution is 2.44. The summed E-state index contributed by atoms with van der Waals surface area (Å²) in [5.74, 6) is 1.09. The number of benzene rings is 1. The monoisotopic (exact) mass is 356 g/mol. The number of rotatable bonds is 2. The van der Waals surface area contributed by atoms with Crippen LogP contribution in [0.4, 0.5) is 5.69 Å². The number of hydrogen-bond donors (Lipinski definition) is 0. The van der Waals surface area contributed by atoms with E-state index in [1.165, 1.54) is 5.56 Å². The van der Waals surface area contributed by atoms with Gasteiger partial charge < -0.3 is 14.5 Å². The smallest absolute Gasteiger partial charge is 0.230 e. The van der Waals surface area contributed by atoms with Crippen molar-refractivity contribution in [2.24, 2.45) is 11.8 Å². The van der Waals surface area contributed by atoms with Crippen LogP contribution < -0.4 is 4.90 Å². The molecule has 0 unspecified atom stereocenters. The average molecular weight is 356 g/mol. The van der Waals surface area contributed by atoms with Crippen molar-refractivity contribution in [3.05, 3.63) is 29.8 Å². The molecule has 2 aliphatic heterocycles. The molecule has 4 atom stereocenters. The van der Waals surface area contributed by atoms with Crippen molar-refractivity contribution in [2.45, 2.75) is 44.6 Å². The van der Waals surface area contributed by atoms with Gasteiger partial charge in [0.15, 0.2) is 0 Å². The van der Waals surface area contributed by atoms with Gasteiger partial charge in [0.1, 0.15) is 0 Å². The normalized spacial score (nSPS) is 30.7. The molecule has 2 amide bonds. The van der Waals surface area contributed by atoms with Gasteiger partial charge in [-0.2, -0.15) is 0 Å². The summed E-state index contributed by atoms with van der Waals surface area (Å²) in [4.78, 5) is 29.2. The zero-order valence-corrected chi connectivity index (χ0v) is 15.7. The fourth-order valence-corrected chi connectivity index (χ4v) is 5.06. The molecule has 4 rings (SSSR count). The zero-order chi connectivity index (χ0) is 18.3. The molecule has 5 nitrogen and oxygen atoms in total. The van der Waals surface area contributed by atoms with E-state index >= 15 is 0 Å². The van der Waals surface area contributed by atoms with Crippen LogP contribution in [0.25, 0.3) is 0 Å². The molecule has 140 valence electrons. The lowest BCUT2D eigenvalue weighted by molar-refractivity contribution is -0.127. The molecule has 0 aromatic heterocycles. The van der Waals surface area contributed by atoms with Gasteiger partial charge in [-0.3, -0.25) is 9.59 Å². The number of fused-ring (bicyclic) bond motifs is 3. The molecule has 0 radical (unpaired) electrons. The quantitative estimate of drug-likeness (QED) is 0.819. The largest absolute Gasteiger partial charge is 0.381 e. The molecule has 1 aliphatic carbocycles. The lowest BCUT2D eigenvalue weighted by Gasteiger charge is -2.39. The molecule has 0 bridgehead atoms. The Morgan fingerprint density at radius 2 is 1.92 bits per heavy atom. The van der Waals surface area contributed by atoms with E-state index in [0.29, 0.717) is 11.8 Å². The van der Waals surface area contributed by atoms with E-state index in [0.717, 1.165) is 51.0 Å². The standard InChI is InChI=1S/C21H28N2O3/c1-14(24)22-11-16-12-23(20-9-4-3-8-18(20)19(16)13-22)21(25)15-6-5-7-17(10-15)26-2/h3-4,8-9,15-17,19H,5-7,10-13H2,1-2H3/t15-,16-,17+,19+/m0/s1. The van der Waals surface area contributed by atoms with E-state index < -0.39 is 0 Å². The van der Waals surface area contributed by atoms with E-state index in [9.17, 15) is 9.59 Å². The minimum Gasteiger partial charge on any atom is -0.381 e. The van der Waals surface area contributed by atoms with Gasteiger partial charge in [0.25, 0.3) is 0 Å². The first-order chi connectivity index (χ1) is 12.6. The van der Waals surface area contributed by atoms with Gasteiger partial charge in [0.2, 0.25) is 11.8 Å². The lowest BCUT2D eigenvalue weighted by atomic mass is 9.81. The van der Waals surface area contributed by atoms with Crippen molar-refractivity contribution in [3.63, 3.8) is 0 Å². The summed E-state index contributed by atoms with van der Waals surface area (Å²) in [5.41, 5.74) is 2.27. The maximum atomic E-state index is 13.4. The average Bonchev–Trinajstić information content (AvgIpc) is 3.11. The number of ether oxygens (including phenoxy) is 1. The highest BCUT2D eigenvalue weighted by Gasteiger charge is 2.43. The molecule has 3 aliphatic rings. The van der Waals surface area contributed by atoms with Crippen molar-refractivity contribution >= 4 is 17.5 Å². The summed E-state index contributed by atoms with van der Waals surface area (Å²) >= 11 is 0. The second-order valence-electron chi connectivity index (χ2n) is 8.02. The van der Waals surface area contributed by atoms with Crippen LogP contribution >= 0.6 is 0 Å². The molecule has 0 spiro atoms. The molecule has 1 aromatic rings. The molecule has 2 fully saturated rings. The molecule has 1 saturated heterocycles. The number of carbonyl (C=O) groups excluding carboxylic acids is 2. The zero-order valence-electron chi connectivity index (χ0n) is 15.7. The second-order valence-corrected chi connectivity index (χ2v) is 8.02. The molecule has 2 heterocycles. The van der Waals surface area contributed by atoms with Crippen LogP contribution in [0, 0.1) is 11.8 Å². The maximum Gasteiger partial charge on any atom is 0.230 e. The van der Waals surface area contributed by atoms with Crippen molar-refractivity contribution in [1.29, 1.82) is 0 Å². The first kappa shape index (κ1) is 17.5. The number of methoxy groups -OCH3 is 1. The Bertz CT molecular complexity index is 704. The van der Waals surface area contributed by atoms with Crippen molar-refractivity contribution in [3.8, 4) is 0 Å². The highest BCUT2D eigenvalue weighted by molar-refractivity contribution is 5.96. The summed E-state index contributed by atoms with van der Waals surface area (Å²) in [7, 11) is 1.74. The van der Waals surface area contributed by atoms with Crippen LogP contribution in [-0.2, 0) is 14.3 Å². The maximum absolute atomic E-state index is 13.4. The van der Waals surface area contributed by atoms with Crippen LogP contribution in [-0.4, -0.2) is 49.6 Å². The predicted octanol–water partition coefficient (Wildman–Crippen LogP) is 2.80. The number of carbonyl (C=O) groups is 2. The Hall–Kier alpha value is -1.88. The Morgan fingerprint density at radius 1 is 1.12 bits per heavy atom. The Morgan fingerprint density at radius 3 is 2.69 bits per heavy atom. The molecular weight excluding hydrogens is 328 g/mol. The van der Waals surface area contributed by atoms with Gasteiger partial charge in [0, 0.05) is 57.1 Å². The second kappa shape index (κ2) is 7.03. The van der Waals surface area contributed by atoms with E-state index in [4.69, 9.17) is 4.74 Å². The number of amides is 2. The number of likely N-dealkylation sites (tertiary alicyclic amines) is 1. The first-order valence-corrected chi connectivity index (χ1v) is 9.77. The van der Waals surface area contributed by atoms with Gasteiger partial charge in [-0.05, 0) is 30.9 Å². The third-order valence-electron chi connectivity index (χ3n) is 6.51. The van der Waals surface area contributed by atoms with Crippen molar-refractivity contribution in [2.75, 3.05) is 31.6 Å². The van der Waals surface area contributed by atoms with E-state index in [2.05, 4.69) is 12.1 Å². The van der Waals surface area contributed by atoms with Gasteiger partial charge in [-0.15, -0.1) is 0 Å². The van der Waals surface area contributed by atoms with Crippen LogP contribution in [0.3, 0.4) is 0 Å². The highest BCUT2D eigenvalue weighted by atomic mass is 16.5. The summed E-state index contributed by atoms with van der Waals surface area (Å²) in [5, 5.41) is 0. The number of hydrogen-bond acceptors (Lipinski definition) is 3. The fraction of sp³-hybridized carbons (Fsp3) is 0.619. The fourth-order valence-electron chi connectivity index (χ4n) is 5.06. The number of anilines is 1. The van der Waals surface area contributed by atoms with Gasteiger partial charge in [-0.25, -0.2) is 0 Å². The predicted molar refractivity (Wildman–Crippen MR) is 100 cm³/mol. The lowest BCUT2D eigenvalue weighted by Crippen LogP contribution is -2.45. The number of nitrogens with zero attached hydrogens (tertiary/aromatic N) is 2. The topological polar surface area (TPSA) is 49.9 Å². The van der Waals surface area contributed by atoms with Gasteiger partial charge >= 0.3 is 0 Å².